The van der Waals surface area contributed by atoms with Gasteiger partial charge in [-0.15, -0.1) is 0 Å². The van der Waals surface area contributed by atoms with Gasteiger partial charge in [0.1, 0.15) is 0 Å². The van der Waals surface area contributed by atoms with Gasteiger partial charge in [-0.1, -0.05) is 90.2 Å². The Hall–Kier alpha value is -2.04. The van der Waals surface area contributed by atoms with Crippen LogP contribution in [0, 0.1) is 29.2 Å². The van der Waals surface area contributed by atoms with Gasteiger partial charge in [-0.3, -0.25) is 0 Å². The fraction of sp³-hybridized carbons (Fsp3) is 0.625. The summed E-state index contributed by atoms with van der Waals surface area (Å²) in [4.78, 5) is 0. The van der Waals surface area contributed by atoms with Crippen molar-refractivity contribution < 1.29 is 22.3 Å². The monoisotopic (exact) mass is 520 g/mol. The molecule has 0 spiro atoms. The van der Waals surface area contributed by atoms with Crippen molar-refractivity contribution in [2.45, 2.75) is 116 Å². The third-order valence-electron chi connectivity index (χ3n) is 7.96. The molecular weight excluding hydrogens is 476 g/mol. The number of hydrogen-bond acceptors (Lipinski definition) is 1. The van der Waals surface area contributed by atoms with Gasteiger partial charge < -0.3 is 4.74 Å². The van der Waals surface area contributed by atoms with Gasteiger partial charge in [0.05, 0.1) is 6.61 Å². The van der Waals surface area contributed by atoms with Crippen LogP contribution in [0.3, 0.4) is 0 Å². The van der Waals surface area contributed by atoms with E-state index in [0.29, 0.717) is 18.1 Å². The molecule has 0 aromatic heterocycles. The van der Waals surface area contributed by atoms with Gasteiger partial charge in [0, 0.05) is 11.1 Å². The number of rotatable bonds is 15. The topological polar surface area (TPSA) is 9.23 Å². The van der Waals surface area contributed by atoms with Crippen LogP contribution in [0.15, 0.2) is 24.3 Å². The van der Waals surface area contributed by atoms with Crippen molar-refractivity contribution in [1.29, 1.82) is 0 Å². The minimum Gasteiger partial charge on any atom is -0.490 e. The summed E-state index contributed by atoms with van der Waals surface area (Å²) in [6.45, 7) is 4.65. The van der Waals surface area contributed by atoms with Crippen molar-refractivity contribution in [1.82, 2.24) is 0 Å². The molecule has 0 saturated heterocycles. The predicted octanol–water partition coefficient (Wildman–Crippen LogP) is 10.9. The first-order valence-electron chi connectivity index (χ1n) is 14.6. The van der Waals surface area contributed by atoms with Gasteiger partial charge in [-0.25, -0.2) is 13.2 Å². The summed E-state index contributed by atoms with van der Waals surface area (Å²) < 4.78 is 65.2. The minimum absolute atomic E-state index is 0.0326. The van der Waals surface area contributed by atoms with E-state index in [0.717, 1.165) is 51.4 Å². The van der Waals surface area contributed by atoms with Crippen LogP contribution >= 0.6 is 0 Å². The standard InChI is InChI=1S/C32H44F4O/c1-3-5-7-9-10-12-22-37-28-21-20-27(31(35)32(28)36)26-19-18-25(29(33)30(26)34)24-16-14-23(15-17-24)13-11-8-6-4-2/h18-21,23-24H,3-17,22H2,1-2H3. The van der Waals surface area contributed by atoms with Crippen LogP contribution in [0.4, 0.5) is 17.6 Å². The fourth-order valence-electron chi connectivity index (χ4n) is 5.63. The summed E-state index contributed by atoms with van der Waals surface area (Å²) in [6.07, 6.45) is 16.3. The van der Waals surface area contributed by atoms with Crippen LogP contribution in [0.25, 0.3) is 11.1 Å². The number of unbranched alkanes of at least 4 members (excludes halogenated alkanes) is 8. The Morgan fingerprint density at radius 1 is 0.622 bits per heavy atom. The van der Waals surface area contributed by atoms with E-state index in [1.165, 1.54) is 63.1 Å². The molecule has 37 heavy (non-hydrogen) atoms. The van der Waals surface area contributed by atoms with Gasteiger partial charge in [-0.05, 0) is 61.6 Å². The van der Waals surface area contributed by atoms with Crippen LogP contribution in [-0.2, 0) is 0 Å². The van der Waals surface area contributed by atoms with Crippen LogP contribution < -0.4 is 4.74 Å². The fourth-order valence-corrected chi connectivity index (χ4v) is 5.63. The quantitative estimate of drug-likeness (QED) is 0.168. The van der Waals surface area contributed by atoms with E-state index in [1.54, 1.807) is 6.07 Å². The van der Waals surface area contributed by atoms with E-state index in [1.807, 2.05) is 0 Å². The van der Waals surface area contributed by atoms with Crippen molar-refractivity contribution in [2.24, 2.45) is 5.92 Å². The van der Waals surface area contributed by atoms with Crippen LogP contribution in [0.2, 0.25) is 0 Å². The first-order valence-corrected chi connectivity index (χ1v) is 14.6. The SMILES string of the molecule is CCCCCCCCOc1ccc(-c2ccc(C3CCC(CCCCCC)CC3)c(F)c2F)c(F)c1F. The average molecular weight is 521 g/mol. The summed E-state index contributed by atoms with van der Waals surface area (Å²) in [5.41, 5.74) is -0.196. The summed E-state index contributed by atoms with van der Waals surface area (Å²) in [6, 6.07) is 5.52. The predicted molar refractivity (Wildman–Crippen MR) is 144 cm³/mol. The molecule has 0 atom stereocenters. The molecule has 5 heteroatoms. The van der Waals surface area contributed by atoms with Gasteiger partial charge in [0.25, 0.3) is 0 Å². The Bertz CT molecular complexity index is 966. The number of ether oxygens (including phenoxy) is 1. The Morgan fingerprint density at radius 2 is 1.19 bits per heavy atom. The van der Waals surface area contributed by atoms with Crippen molar-refractivity contribution in [3.63, 3.8) is 0 Å². The molecule has 2 aromatic carbocycles. The molecule has 0 N–H and O–H groups in total. The van der Waals surface area contributed by atoms with Gasteiger partial charge in [-0.2, -0.15) is 4.39 Å². The third kappa shape index (κ3) is 8.22. The second-order valence-corrected chi connectivity index (χ2v) is 10.8. The molecule has 1 aliphatic carbocycles. The van der Waals surface area contributed by atoms with Crippen molar-refractivity contribution in [3.05, 3.63) is 53.1 Å². The molecule has 0 heterocycles. The summed E-state index contributed by atoms with van der Waals surface area (Å²) in [5, 5.41) is 0. The van der Waals surface area contributed by atoms with Crippen LogP contribution in [0.5, 0.6) is 5.75 Å². The van der Waals surface area contributed by atoms with E-state index in [9.17, 15) is 8.78 Å². The van der Waals surface area contributed by atoms with Crippen molar-refractivity contribution >= 4 is 0 Å². The molecular formula is C32H44F4O. The highest BCUT2D eigenvalue weighted by Crippen LogP contribution is 2.41. The Balaban J connectivity index is 1.61. The molecule has 1 nitrogen and oxygen atoms in total. The highest BCUT2D eigenvalue weighted by molar-refractivity contribution is 5.66. The normalized spacial score (nSPS) is 17.8. The summed E-state index contributed by atoms with van der Waals surface area (Å²) >= 11 is 0. The van der Waals surface area contributed by atoms with Crippen molar-refractivity contribution in [3.8, 4) is 16.9 Å². The second-order valence-electron chi connectivity index (χ2n) is 10.8. The van der Waals surface area contributed by atoms with Gasteiger partial charge in [0.2, 0.25) is 5.82 Å². The lowest BCUT2D eigenvalue weighted by atomic mass is 9.76. The molecule has 0 amide bonds. The average Bonchev–Trinajstić information content (AvgIpc) is 2.91. The number of hydrogen-bond donors (Lipinski definition) is 0. The molecule has 1 aliphatic rings. The Kier molecular flexibility index (Phi) is 12.3. The smallest absolute Gasteiger partial charge is 0.201 e. The molecule has 1 fully saturated rings. The van der Waals surface area contributed by atoms with Crippen LogP contribution in [-0.4, -0.2) is 6.61 Å². The minimum atomic E-state index is -1.21. The van der Waals surface area contributed by atoms with Gasteiger partial charge in [0.15, 0.2) is 23.2 Å². The lowest BCUT2D eigenvalue weighted by Crippen LogP contribution is -2.15. The molecule has 3 rings (SSSR count). The lowest BCUT2D eigenvalue weighted by Gasteiger charge is -2.29. The van der Waals surface area contributed by atoms with E-state index in [4.69, 9.17) is 4.74 Å². The van der Waals surface area contributed by atoms with E-state index < -0.39 is 23.3 Å². The molecule has 0 bridgehead atoms. The Labute approximate surface area is 221 Å². The number of halogens is 4. The Morgan fingerprint density at radius 3 is 1.86 bits per heavy atom. The van der Waals surface area contributed by atoms with Crippen LogP contribution in [0.1, 0.15) is 122 Å². The zero-order valence-corrected chi connectivity index (χ0v) is 22.7. The summed E-state index contributed by atoms with van der Waals surface area (Å²) in [5.74, 6) is -3.99. The maximum Gasteiger partial charge on any atom is 0.201 e. The molecule has 1 saturated carbocycles. The largest absolute Gasteiger partial charge is 0.490 e. The molecule has 0 aliphatic heterocycles. The zero-order chi connectivity index (χ0) is 26.6. The molecule has 0 radical (unpaired) electrons. The second kappa shape index (κ2) is 15.4. The molecule has 206 valence electrons. The summed E-state index contributed by atoms with van der Waals surface area (Å²) in [7, 11) is 0. The van der Waals surface area contributed by atoms with Gasteiger partial charge >= 0.3 is 0 Å². The molecule has 2 aromatic rings. The number of benzene rings is 2. The third-order valence-corrected chi connectivity index (χ3v) is 7.96. The van der Waals surface area contributed by atoms with E-state index in [2.05, 4.69) is 13.8 Å². The zero-order valence-electron chi connectivity index (χ0n) is 22.7. The molecule has 0 unspecified atom stereocenters. The van der Waals surface area contributed by atoms with E-state index >= 15 is 8.78 Å². The van der Waals surface area contributed by atoms with E-state index in [-0.39, 0.29) is 22.8 Å². The maximum atomic E-state index is 15.1. The highest BCUT2D eigenvalue weighted by Gasteiger charge is 2.27. The first-order chi connectivity index (χ1) is 18.0. The highest BCUT2D eigenvalue weighted by atomic mass is 19.2. The first kappa shape index (κ1) is 29.5. The maximum absolute atomic E-state index is 15.1. The van der Waals surface area contributed by atoms with Crippen molar-refractivity contribution in [2.75, 3.05) is 6.61 Å². The lowest BCUT2D eigenvalue weighted by molar-refractivity contribution is 0.285.